The van der Waals surface area contributed by atoms with E-state index in [1.807, 2.05) is 4.57 Å². The molecule has 0 N–H and O–H groups in total. The lowest BCUT2D eigenvalue weighted by molar-refractivity contribution is -0.140. The number of aromatic nitrogens is 2. The van der Waals surface area contributed by atoms with Crippen LogP contribution in [-0.2, 0) is 17.5 Å². The van der Waals surface area contributed by atoms with Gasteiger partial charge in [0.2, 0.25) is 5.91 Å². The van der Waals surface area contributed by atoms with Crippen LogP contribution in [0.2, 0.25) is 0 Å². The Kier molecular flexibility index (Phi) is 5.06. The number of rotatable bonds is 4. The van der Waals surface area contributed by atoms with E-state index in [2.05, 4.69) is 0 Å². The number of carbonyl (C=O) groups excluding carboxylic acids is 1. The third kappa shape index (κ3) is 3.91. The van der Waals surface area contributed by atoms with Crippen molar-refractivity contribution in [2.45, 2.75) is 44.2 Å². The van der Waals surface area contributed by atoms with Gasteiger partial charge in [-0.25, -0.2) is 8.78 Å². The first-order valence-electron chi connectivity index (χ1n) is 10.7. The van der Waals surface area contributed by atoms with Crippen LogP contribution in [0.4, 0.5) is 22.0 Å². The van der Waals surface area contributed by atoms with Gasteiger partial charge in [0.1, 0.15) is 18.5 Å². The Hall–Kier alpha value is -3.17. The molecule has 2 fully saturated rings. The van der Waals surface area contributed by atoms with Gasteiger partial charge in [0.05, 0.1) is 23.0 Å². The monoisotopic (exact) mass is 465 g/mol. The van der Waals surface area contributed by atoms with Crippen LogP contribution in [0.3, 0.4) is 0 Å². The van der Waals surface area contributed by atoms with Crippen molar-refractivity contribution in [3.05, 3.63) is 58.4 Å². The molecule has 1 amide bonds. The Balaban J connectivity index is 1.61. The fourth-order valence-electron chi connectivity index (χ4n) is 4.40. The van der Waals surface area contributed by atoms with Crippen LogP contribution in [0.25, 0.3) is 22.0 Å². The van der Waals surface area contributed by atoms with Crippen LogP contribution in [0.15, 0.2) is 41.5 Å². The number of amides is 1. The molecule has 10 heteroatoms. The maximum atomic E-state index is 13.8. The Labute approximate surface area is 185 Å². The minimum Gasteiger partial charge on any atom is -0.344 e. The van der Waals surface area contributed by atoms with Crippen molar-refractivity contribution in [1.29, 1.82) is 0 Å². The summed E-state index contributed by atoms with van der Waals surface area (Å²) in [4.78, 5) is 27.3. The lowest BCUT2D eigenvalue weighted by Crippen LogP contribution is -2.35. The highest BCUT2D eigenvalue weighted by molar-refractivity contribution is 5.96. The normalized spacial score (nSPS) is 18.9. The molecule has 1 aliphatic carbocycles. The molecule has 1 atom stereocenters. The maximum Gasteiger partial charge on any atom is 0.419 e. The molecule has 5 rings (SSSR count). The molecule has 1 saturated heterocycles. The van der Waals surface area contributed by atoms with E-state index in [0.717, 1.165) is 18.9 Å². The molecule has 1 aromatic carbocycles. The number of benzene rings is 1. The zero-order chi connectivity index (χ0) is 23.5. The van der Waals surface area contributed by atoms with Crippen LogP contribution in [-0.4, -0.2) is 39.2 Å². The summed E-state index contributed by atoms with van der Waals surface area (Å²) in [5, 5.41) is 0.168. The van der Waals surface area contributed by atoms with Crippen LogP contribution in [0, 0.1) is 5.82 Å². The number of hydrogen-bond acceptors (Lipinski definition) is 2. The largest absolute Gasteiger partial charge is 0.419 e. The molecule has 5 nitrogen and oxygen atoms in total. The minimum absolute atomic E-state index is 0.0189. The average molecular weight is 465 g/mol. The molecule has 1 aliphatic heterocycles. The summed E-state index contributed by atoms with van der Waals surface area (Å²) < 4.78 is 70.2. The van der Waals surface area contributed by atoms with Crippen LogP contribution in [0.1, 0.15) is 30.9 Å². The molecule has 33 heavy (non-hydrogen) atoms. The summed E-state index contributed by atoms with van der Waals surface area (Å²) in [6, 6.07) is 4.44. The van der Waals surface area contributed by atoms with Gasteiger partial charge in [-0.15, -0.1) is 0 Å². The van der Waals surface area contributed by atoms with Gasteiger partial charge < -0.3 is 14.0 Å². The first-order chi connectivity index (χ1) is 15.6. The molecule has 2 aliphatic rings. The van der Waals surface area contributed by atoms with Crippen molar-refractivity contribution in [3.63, 3.8) is 0 Å². The highest BCUT2D eigenvalue weighted by Gasteiger charge is 2.35. The van der Waals surface area contributed by atoms with Crippen molar-refractivity contribution in [2.24, 2.45) is 0 Å². The van der Waals surface area contributed by atoms with E-state index < -0.39 is 35.2 Å². The van der Waals surface area contributed by atoms with E-state index >= 15 is 0 Å². The molecule has 174 valence electrons. The summed E-state index contributed by atoms with van der Waals surface area (Å²) in [6.45, 7) is -0.0439. The summed E-state index contributed by atoms with van der Waals surface area (Å²) in [7, 11) is 0. The molecule has 1 saturated carbocycles. The number of likely N-dealkylation sites (tertiary alicyclic amines) is 1. The molecule has 2 aromatic heterocycles. The second-order valence-corrected chi connectivity index (χ2v) is 8.61. The quantitative estimate of drug-likeness (QED) is 0.532. The van der Waals surface area contributed by atoms with Gasteiger partial charge in [0.15, 0.2) is 0 Å². The first kappa shape index (κ1) is 21.7. The Bertz CT molecular complexity index is 1310. The molecule has 0 spiro atoms. The number of nitrogens with zero attached hydrogens (tertiary/aromatic N) is 3. The highest BCUT2D eigenvalue weighted by atomic mass is 19.4. The SMILES string of the molecule is O=C(Cn1ccc2c(c(-c3ccc(F)c(C(F)(F)F)c3)cn2C2CC2)c1=O)N1CCC(F)C1. The predicted molar refractivity (Wildman–Crippen MR) is 111 cm³/mol. The van der Waals surface area contributed by atoms with E-state index in [1.54, 1.807) is 12.3 Å². The Morgan fingerprint density at radius 2 is 1.88 bits per heavy atom. The molecule has 0 bridgehead atoms. The molecule has 3 aromatic rings. The van der Waals surface area contributed by atoms with E-state index in [4.69, 9.17) is 0 Å². The van der Waals surface area contributed by atoms with Crippen molar-refractivity contribution in [2.75, 3.05) is 13.1 Å². The number of halogens is 5. The van der Waals surface area contributed by atoms with Gasteiger partial charge in [0.25, 0.3) is 5.56 Å². The zero-order valence-corrected chi connectivity index (χ0v) is 17.4. The third-order valence-corrected chi connectivity index (χ3v) is 6.27. The van der Waals surface area contributed by atoms with E-state index in [1.165, 1.54) is 21.7 Å². The maximum absolute atomic E-state index is 13.8. The van der Waals surface area contributed by atoms with Gasteiger partial charge >= 0.3 is 6.18 Å². The highest BCUT2D eigenvalue weighted by Crippen LogP contribution is 2.41. The van der Waals surface area contributed by atoms with Crippen LogP contribution >= 0.6 is 0 Å². The van der Waals surface area contributed by atoms with Crippen molar-refractivity contribution >= 4 is 16.8 Å². The third-order valence-electron chi connectivity index (χ3n) is 6.27. The number of carbonyl (C=O) groups is 1. The van der Waals surface area contributed by atoms with Crippen LogP contribution in [0.5, 0.6) is 0 Å². The molecule has 1 unspecified atom stereocenters. The summed E-state index contributed by atoms with van der Waals surface area (Å²) in [6.07, 6.45) is -0.875. The fourth-order valence-corrected chi connectivity index (χ4v) is 4.40. The standard InChI is InChI=1S/C23H20F5N3O2/c24-14-5-7-29(10-14)20(32)12-30-8-6-19-21(22(30)33)16(11-31(19)15-2-3-15)13-1-4-18(25)17(9-13)23(26,27)28/h1,4,6,8-9,11,14-15H,2-3,5,7,10,12H2. The number of pyridine rings is 1. The lowest BCUT2D eigenvalue weighted by atomic mass is 10.0. The van der Waals surface area contributed by atoms with Crippen LogP contribution < -0.4 is 5.56 Å². The number of fused-ring (bicyclic) bond motifs is 1. The van der Waals surface area contributed by atoms with E-state index in [9.17, 15) is 31.5 Å². The number of alkyl halides is 4. The Morgan fingerprint density at radius 3 is 2.52 bits per heavy atom. The molecular weight excluding hydrogens is 445 g/mol. The van der Waals surface area contributed by atoms with Gasteiger partial charge in [0, 0.05) is 30.5 Å². The first-order valence-corrected chi connectivity index (χ1v) is 10.7. The van der Waals surface area contributed by atoms with Gasteiger partial charge in [-0.1, -0.05) is 6.07 Å². The summed E-state index contributed by atoms with van der Waals surface area (Å²) in [5.41, 5.74) is -1.09. The summed E-state index contributed by atoms with van der Waals surface area (Å²) in [5.74, 6) is -1.79. The van der Waals surface area contributed by atoms with Crippen molar-refractivity contribution in [3.8, 4) is 11.1 Å². The van der Waals surface area contributed by atoms with E-state index in [0.29, 0.717) is 11.6 Å². The average Bonchev–Trinajstić information content (AvgIpc) is 3.38. The second-order valence-electron chi connectivity index (χ2n) is 8.61. The van der Waals surface area contributed by atoms with Gasteiger partial charge in [-0.2, -0.15) is 13.2 Å². The topological polar surface area (TPSA) is 47.2 Å². The van der Waals surface area contributed by atoms with Crippen molar-refractivity contribution in [1.82, 2.24) is 14.0 Å². The fraction of sp³-hybridized carbons (Fsp3) is 0.391. The summed E-state index contributed by atoms with van der Waals surface area (Å²) >= 11 is 0. The van der Waals surface area contributed by atoms with E-state index in [-0.39, 0.29) is 48.6 Å². The van der Waals surface area contributed by atoms with Gasteiger partial charge in [-0.3, -0.25) is 9.59 Å². The number of hydrogen-bond donors (Lipinski definition) is 0. The molecule has 0 radical (unpaired) electrons. The zero-order valence-electron chi connectivity index (χ0n) is 17.4. The second kappa shape index (κ2) is 7.71. The van der Waals surface area contributed by atoms with Gasteiger partial charge in [-0.05, 0) is 43.0 Å². The Morgan fingerprint density at radius 1 is 1.12 bits per heavy atom. The van der Waals surface area contributed by atoms with Crippen molar-refractivity contribution < 1.29 is 26.7 Å². The predicted octanol–water partition coefficient (Wildman–Crippen LogP) is 4.53. The molecule has 3 heterocycles. The smallest absolute Gasteiger partial charge is 0.344 e. The molecular formula is C23H20F5N3O2. The lowest BCUT2D eigenvalue weighted by Gasteiger charge is -2.16. The minimum atomic E-state index is -4.88.